The standard InChI is InChI=1S/C21H30O3/c1-2-3-4-7-16(22)9-10-17-18-11-14-6-5-8-20(23)19(14)12-15(18)13-21(17)24/h5-6,8-10,15-18,21-24H,2-4,7,11-13H2,1H3/t15-,16-,17+,18-,21+/m0/s1. The van der Waals surface area contributed by atoms with Crippen LogP contribution in [0, 0.1) is 17.8 Å². The molecule has 24 heavy (non-hydrogen) atoms. The first-order chi connectivity index (χ1) is 11.6. The normalized spacial score (nSPS) is 30.3. The van der Waals surface area contributed by atoms with Crippen LogP contribution >= 0.6 is 0 Å². The molecule has 0 heterocycles. The first kappa shape index (κ1) is 17.5. The second kappa shape index (κ2) is 7.71. The summed E-state index contributed by atoms with van der Waals surface area (Å²) in [6, 6.07) is 5.76. The van der Waals surface area contributed by atoms with E-state index in [4.69, 9.17) is 0 Å². The number of hydrogen-bond donors (Lipinski definition) is 3. The third-order valence-corrected chi connectivity index (χ3v) is 5.92. The summed E-state index contributed by atoms with van der Waals surface area (Å²) in [6.45, 7) is 2.16. The van der Waals surface area contributed by atoms with E-state index < -0.39 is 6.10 Å². The average Bonchev–Trinajstić information content (AvgIpc) is 2.86. The van der Waals surface area contributed by atoms with Crippen LogP contribution in [0.25, 0.3) is 0 Å². The van der Waals surface area contributed by atoms with Crippen LogP contribution < -0.4 is 0 Å². The molecule has 3 rings (SSSR count). The number of aromatic hydroxyl groups is 1. The lowest BCUT2D eigenvalue weighted by atomic mass is 9.74. The summed E-state index contributed by atoms with van der Waals surface area (Å²) in [5.41, 5.74) is 2.28. The average molecular weight is 330 g/mol. The Morgan fingerprint density at radius 1 is 1.25 bits per heavy atom. The van der Waals surface area contributed by atoms with Gasteiger partial charge in [-0.1, -0.05) is 50.5 Å². The highest BCUT2D eigenvalue weighted by Gasteiger charge is 2.43. The quantitative estimate of drug-likeness (QED) is 0.552. The largest absolute Gasteiger partial charge is 0.508 e. The van der Waals surface area contributed by atoms with Gasteiger partial charge in [0.15, 0.2) is 0 Å². The number of fused-ring (bicyclic) bond motifs is 2. The van der Waals surface area contributed by atoms with Crippen molar-refractivity contribution in [1.82, 2.24) is 0 Å². The Labute approximate surface area is 145 Å². The molecule has 0 bridgehead atoms. The highest BCUT2D eigenvalue weighted by atomic mass is 16.3. The second-order valence-electron chi connectivity index (χ2n) is 7.58. The zero-order valence-electron chi connectivity index (χ0n) is 14.6. The molecule has 1 fully saturated rings. The van der Waals surface area contributed by atoms with Crippen molar-refractivity contribution in [1.29, 1.82) is 0 Å². The van der Waals surface area contributed by atoms with E-state index in [1.165, 1.54) is 5.56 Å². The molecule has 1 aromatic rings. The zero-order chi connectivity index (χ0) is 17.1. The maximum atomic E-state index is 10.5. The van der Waals surface area contributed by atoms with Gasteiger partial charge >= 0.3 is 0 Å². The lowest BCUT2D eigenvalue weighted by Crippen LogP contribution is -2.26. The van der Waals surface area contributed by atoms with Gasteiger partial charge in [0.1, 0.15) is 5.75 Å². The van der Waals surface area contributed by atoms with Crippen molar-refractivity contribution in [2.45, 2.75) is 64.1 Å². The fourth-order valence-electron chi connectivity index (χ4n) is 4.57. The first-order valence-corrected chi connectivity index (χ1v) is 9.44. The molecule has 0 aliphatic heterocycles. The maximum absolute atomic E-state index is 10.5. The maximum Gasteiger partial charge on any atom is 0.119 e. The molecule has 132 valence electrons. The number of unbranched alkanes of at least 4 members (excludes halogenated alkanes) is 2. The van der Waals surface area contributed by atoms with Gasteiger partial charge in [0.2, 0.25) is 0 Å². The summed E-state index contributed by atoms with van der Waals surface area (Å²) >= 11 is 0. The van der Waals surface area contributed by atoms with E-state index in [0.717, 1.165) is 50.5 Å². The number of phenols is 1. The van der Waals surface area contributed by atoms with Crippen LogP contribution in [-0.2, 0) is 12.8 Å². The molecular weight excluding hydrogens is 300 g/mol. The minimum Gasteiger partial charge on any atom is -0.508 e. The topological polar surface area (TPSA) is 60.7 Å². The summed E-state index contributed by atoms with van der Waals surface area (Å²) in [5, 5.41) is 30.7. The van der Waals surface area contributed by atoms with Gasteiger partial charge in [0, 0.05) is 5.92 Å². The van der Waals surface area contributed by atoms with Crippen molar-refractivity contribution in [2.24, 2.45) is 17.8 Å². The Hall–Kier alpha value is -1.32. The van der Waals surface area contributed by atoms with Crippen molar-refractivity contribution in [3.63, 3.8) is 0 Å². The third kappa shape index (κ3) is 3.68. The van der Waals surface area contributed by atoms with Crippen LogP contribution in [0.1, 0.15) is 50.2 Å². The van der Waals surface area contributed by atoms with Crippen LogP contribution in [0.5, 0.6) is 5.75 Å². The van der Waals surface area contributed by atoms with E-state index in [1.54, 1.807) is 6.07 Å². The highest BCUT2D eigenvalue weighted by molar-refractivity contribution is 5.42. The van der Waals surface area contributed by atoms with Crippen molar-refractivity contribution >= 4 is 0 Å². The van der Waals surface area contributed by atoms with E-state index in [9.17, 15) is 15.3 Å². The van der Waals surface area contributed by atoms with Gasteiger partial charge in [0.25, 0.3) is 0 Å². The fraction of sp³-hybridized carbons (Fsp3) is 0.619. The lowest BCUT2D eigenvalue weighted by Gasteiger charge is -2.30. The van der Waals surface area contributed by atoms with E-state index in [1.807, 2.05) is 12.1 Å². The Balaban J connectivity index is 1.67. The molecule has 5 atom stereocenters. The summed E-state index contributed by atoms with van der Waals surface area (Å²) in [6.07, 6.45) is 9.93. The molecule has 0 aromatic heterocycles. The SMILES string of the molecule is CCCCC[C@H](O)C=C[C@@H]1[C@H]2Cc3cccc(O)c3C[C@H]2C[C@H]1O. The van der Waals surface area contributed by atoms with Gasteiger partial charge in [-0.2, -0.15) is 0 Å². The summed E-state index contributed by atoms with van der Waals surface area (Å²) in [5.74, 6) is 1.35. The van der Waals surface area contributed by atoms with Gasteiger partial charge in [-0.15, -0.1) is 0 Å². The monoisotopic (exact) mass is 330 g/mol. The summed E-state index contributed by atoms with van der Waals surface area (Å²) in [7, 11) is 0. The minimum absolute atomic E-state index is 0.117. The second-order valence-corrected chi connectivity index (χ2v) is 7.58. The molecular formula is C21H30O3. The minimum atomic E-state index is -0.400. The Bertz CT molecular complexity index is 580. The molecule has 2 aliphatic carbocycles. The van der Waals surface area contributed by atoms with E-state index in [0.29, 0.717) is 17.6 Å². The van der Waals surface area contributed by atoms with Crippen LogP contribution in [0.4, 0.5) is 0 Å². The van der Waals surface area contributed by atoms with Crippen LogP contribution in [0.2, 0.25) is 0 Å². The van der Waals surface area contributed by atoms with E-state index in [-0.39, 0.29) is 12.0 Å². The molecule has 0 saturated heterocycles. The van der Waals surface area contributed by atoms with Crippen molar-refractivity contribution < 1.29 is 15.3 Å². The Morgan fingerprint density at radius 3 is 2.88 bits per heavy atom. The molecule has 3 N–H and O–H groups in total. The van der Waals surface area contributed by atoms with Crippen molar-refractivity contribution in [2.75, 3.05) is 0 Å². The van der Waals surface area contributed by atoms with Gasteiger partial charge in [-0.25, -0.2) is 0 Å². The zero-order valence-corrected chi connectivity index (χ0v) is 14.6. The summed E-state index contributed by atoms with van der Waals surface area (Å²) < 4.78 is 0. The predicted octanol–water partition coefficient (Wildman–Crippen LogP) is 3.60. The number of hydrogen-bond acceptors (Lipinski definition) is 3. The van der Waals surface area contributed by atoms with Gasteiger partial charge in [-0.3, -0.25) is 0 Å². The third-order valence-electron chi connectivity index (χ3n) is 5.92. The van der Waals surface area contributed by atoms with Crippen LogP contribution in [-0.4, -0.2) is 27.5 Å². The molecule has 2 aliphatic rings. The molecule has 3 heteroatoms. The molecule has 1 aromatic carbocycles. The molecule has 0 radical (unpaired) electrons. The van der Waals surface area contributed by atoms with Crippen molar-refractivity contribution in [3.8, 4) is 5.75 Å². The van der Waals surface area contributed by atoms with Crippen molar-refractivity contribution in [3.05, 3.63) is 41.5 Å². The van der Waals surface area contributed by atoms with Gasteiger partial charge in [0.05, 0.1) is 12.2 Å². The number of rotatable bonds is 6. The molecule has 0 amide bonds. The fourth-order valence-corrected chi connectivity index (χ4v) is 4.57. The number of benzene rings is 1. The Morgan fingerprint density at radius 2 is 2.08 bits per heavy atom. The Kier molecular flexibility index (Phi) is 5.62. The molecule has 0 unspecified atom stereocenters. The van der Waals surface area contributed by atoms with Gasteiger partial charge in [-0.05, 0) is 54.7 Å². The molecule has 3 nitrogen and oxygen atoms in total. The van der Waals surface area contributed by atoms with E-state index >= 15 is 0 Å². The molecule has 1 saturated carbocycles. The summed E-state index contributed by atoms with van der Waals surface area (Å²) in [4.78, 5) is 0. The number of aliphatic hydroxyl groups excluding tert-OH is 2. The first-order valence-electron chi connectivity index (χ1n) is 9.44. The molecule has 0 spiro atoms. The highest BCUT2D eigenvalue weighted by Crippen LogP contribution is 2.47. The number of aliphatic hydroxyl groups is 2. The van der Waals surface area contributed by atoms with Crippen LogP contribution in [0.15, 0.2) is 30.4 Å². The van der Waals surface area contributed by atoms with Crippen LogP contribution in [0.3, 0.4) is 0 Å². The predicted molar refractivity (Wildman–Crippen MR) is 95.9 cm³/mol. The smallest absolute Gasteiger partial charge is 0.119 e. The lowest BCUT2D eigenvalue weighted by molar-refractivity contribution is 0.140. The van der Waals surface area contributed by atoms with E-state index in [2.05, 4.69) is 19.1 Å². The number of phenolic OH excluding ortho intramolecular Hbond substituents is 1. The van der Waals surface area contributed by atoms with Gasteiger partial charge < -0.3 is 15.3 Å².